The maximum absolute atomic E-state index is 10.8. The Labute approximate surface area is 325 Å². The van der Waals surface area contributed by atoms with Crippen LogP contribution in [0.2, 0.25) is 0 Å². The number of ether oxygens (including phenoxy) is 2. The van der Waals surface area contributed by atoms with Crippen LogP contribution < -0.4 is 9.47 Å². The van der Waals surface area contributed by atoms with E-state index in [1.165, 1.54) is 103 Å². The highest BCUT2D eigenvalue weighted by molar-refractivity contribution is 6.03. The smallest absolute Gasteiger partial charge is 0.163 e. The Morgan fingerprint density at radius 3 is 1.48 bits per heavy atom. The Hall–Kier alpha value is -4.32. The second kappa shape index (κ2) is 25.7. The van der Waals surface area contributed by atoms with Gasteiger partial charge in [0.1, 0.15) is 11.5 Å². The fourth-order valence-corrected chi connectivity index (χ4v) is 6.80. The standard InChI is InChI=1S/C48H66N2O4/c1-3-5-7-9-11-13-15-17-19-25-33-53-47-35-43(49-37-40-28-22-24-30-45(40)51)44(50-38-42-41-29-23-21-27-39(41)31-32-46(42)52)36-48(47)54-34-26-20-18-16-14-12-10-8-6-4-2/h21-24,27-32,35-38,51-52H,3-20,25-26,33-34H2,1-2H3. The van der Waals surface area contributed by atoms with Crippen molar-refractivity contribution in [2.24, 2.45) is 9.98 Å². The Balaban J connectivity index is 1.50. The Bertz CT molecular complexity index is 1700. The molecule has 0 radical (unpaired) electrons. The Kier molecular flexibility index (Phi) is 20.2. The number of aliphatic imine (C=N–C) groups is 2. The number of fused-ring (bicyclic) bond motifs is 1. The number of hydrogen-bond donors (Lipinski definition) is 2. The molecule has 0 saturated heterocycles. The highest BCUT2D eigenvalue weighted by Gasteiger charge is 2.14. The topological polar surface area (TPSA) is 83.6 Å². The maximum atomic E-state index is 10.8. The maximum Gasteiger partial charge on any atom is 0.163 e. The van der Waals surface area contributed by atoms with Gasteiger partial charge < -0.3 is 19.7 Å². The van der Waals surface area contributed by atoms with Gasteiger partial charge in [0.2, 0.25) is 0 Å². The van der Waals surface area contributed by atoms with Crippen LogP contribution in [0.1, 0.15) is 153 Å². The molecule has 0 saturated carbocycles. The molecule has 0 heterocycles. The van der Waals surface area contributed by atoms with Gasteiger partial charge in [0.05, 0.1) is 24.6 Å². The minimum atomic E-state index is 0.154. The molecule has 6 heteroatoms. The summed E-state index contributed by atoms with van der Waals surface area (Å²) in [6.45, 7) is 5.73. The molecule has 0 amide bonds. The molecule has 54 heavy (non-hydrogen) atoms. The number of para-hydroxylation sites is 1. The van der Waals surface area contributed by atoms with E-state index in [1.54, 1.807) is 30.6 Å². The average molecular weight is 735 g/mol. The van der Waals surface area contributed by atoms with Gasteiger partial charge in [-0.1, -0.05) is 172 Å². The van der Waals surface area contributed by atoms with Crippen LogP contribution in [0.15, 0.2) is 82.8 Å². The number of benzene rings is 4. The minimum Gasteiger partial charge on any atom is -0.507 e. The molecular weight excluding hydrogens is 669 g/mol. The van der Waals surface area contributed by atoms with E-state index < -0.39 is 0 Å². The van der Waals surface area contributed by atoms with E-state index in [1.807, 2.05) is 54.6 Å². The average Bonchev–Trinajstić information content (AvgIpc) is 3.19. The first kappa shape index (κ1) is 42.4. The van der Waals surface area contributed by atoms with Gasteiger partial charge in [0.25, 0.3) is 0 Å². The van der Waals surface area contributed by atoms with Crippen molar-refractivity contribution in [3.8, 4) is 23.0 Å². The predicted octanol–water partition coefficient (Wildman–Crippen LogP) is 14.4. The van der Waals surface area contributed by atoms with Gasteiger partial charge in [-0.15, -0.1) is 0 Å². The van der Waals surface area contributed by atoms with Crippen molar-refractivity contribution in [1.29, 1.82) is 0 Å². The molecule has 0 bridgehead atoms. The van der Waals surface area contributed by atoms with Crippen LogP contribution in [-0.4, -0.2) is 35.9 Å². The zero-order valence-corrected chi connectivity index (χ0v) is 33.2. The lowest BCUT2D eigenvalue weighted by Crippen LogP contribution is -2.03. The lowest BCUT2D eigenvalue weighted by Gasteiger charge is -2.15. The van der Waals surface area contributed by atoms with E-state index in [0.29, 0.717) is 47.2 Å². The molecule has 0 aliphatic rings. The normalized spacial score (nSPS) is 11.7. The van der Waals surface area contributed by atoms with E-state index in [2.05, 4.69) is 13.8 Å². The first-order valence-electron chi connectivity index (χ1n) is 21.1. The molecule has 0 spiro atoms. The summed E-state index contributed by atoms with van der Waals surface area (Å²) in [5.41, 5.74) is 2.41. The van der Waals surface area contributed by atoms with Gasteiger partial charge in [-0.3, -0.25) is 9.98 Å². The second-order valence-corrected chi connectivity index (χ2v) is 14.6. The molecule has 292 valence electrons. The fraction of sp³-hybridized carbons (Fsp3) is 0.500. The van der Waals surface area contributed by atoms with Crippen LogP contribution in [0.5, 0.6) is 23.0 Å². The van der Waals surface area contributed by atoms with Crippen molar-refractivity contribution in [3.05, 3.63) is 83.9 Å². The summed E-state index contributed by atoms with van der Waals surface area (Å²) >= 11 is 0. The van der Waals surface area contributed by atoms with Crippen LogP contribution in [0.4, 0.5) is 11.4 Å². The Morgan fingerprint density at radius 1 is 0.481 bits per heavy atom. The van der Waals surface area contributed by atoms with Crippen molar-refractivity contribution in [1.82, 2.24) is 0 Å². The van der Waals surface area contributed by atoms with E-state index in [-0.39, 0.29) is 11.5 Å². The van der Waals surface area contributed by atoms with Crippen molar-refractivity contribution in [2.45, 2.75) is 142 Å². The molecule has 4 rings (SSSR count). The zero-order chi connectivity index (χ0) is 38.1. The predicted molar refractivity (Wildman–Crippen MR) is 229 cm³/mol. The number of rotatable bonds is 28. The molecule has 0 atom stereocenters. The summed E-state index contributed by atoms with van der Waals surface area (Å²) in [5.74, 6) is 1.61. The Morgan fingerprint density at radius 2 is 0.944 bits per heavy atom. The van der Waals surface area contributed by atoms with Crippen LogP contribution in [0.25, 0.3) is 10.8 Å². The number of phenols is 2. The van der Waals surface area contributed by atoms with E-state index in [4.69, 9.17) is 19.5 Å². The number of aromatic hydroxyl groups is 2. The van der Waals surface area contributed by atoms with Gasteiger partial charge in [-0.2, -0.15) is 0 Å². The number of hydrogen-bond acceptors (Lipinski definition) is 6. The van der Waals surface area contributed by atoms with Crippen LogP contribution in [0.3, 0.4) is 0 Å². The molecule has 4 aromatic rings. The van der Waals surface area contributed by atoms with Crippen LogP contribution >= 0.6 is 0 Å². The third-order valence-electron chi connectivity index (χ3n) is 10.1. The highest BCUT2D eigenvalue weighted by Crippen LogP contribution is 2.41. The van der Waals surface area contributed by atoms with Crippen molar-refractivity contribution < 1.29 is 19.7 Å². The molecule has 6 nitrogen and oxygen atoms in total. The summed E-state index contributed by atoms with van der Waals surface area (Å²) in [4.78, 5) is 9.70. The molecular formula is C48H66N2O4. The third-order valence-corrected chi connectivity index (χ3v) is 10.1. The molecule has 0 aliphatic heterocycles. The van der Waals surface area contributed by atoms with Crippen molar-refractivity contribution in [2.75, 3.05) is 13.2 Å². The summed E-state index contributed by atoms with van der Waals surface area (Å²) in [6, 6.07) is 22.5. The quantitative estimate of drug-likeness (QED) is 0.0449. The SMILES string of the molecule is CCCCCCCCCCCCOc1cc(N=Cc2ccccc2O)c(N=Cc2c(O)ccc3ccccc23)cc1OCCCCCCCCCCCC. The monoisotopic (exact) mass is 735 g/mol. The lowest BCUT2D eigenvalue weighted by molar-refractivity contribution is 0.258. The summed E-state index contributed by atoms with van der Waals surface area (Å²) in [6.07, 6.45) is 28.6. The molecule has 2 N–H and O–H groups in total. The van der Waals surface area contributed by atoms with Crippen molar-refractivity contribution >= 4 is 34.6 Å². The molecule has 0 unspecified atom stereocenters. The summed E-state index contributed by atoms with van der Waals surface area (Å²) < 4.78 is 12.9. The minimum absolute atomic E-state index is 0.154. The van der Waals surface area contributed by atoms with E-state index >= 15 is 0 Å². The van der Waals surface area contributed by atoms with Gasteiger partial charge in [0, 0.05) is 35.7 Å². The largest absolute Gasteiger partial charge is 0.507 e. The summed E-state index contributed by atoms with van der Waals surface area (Å²) in [5, 5.41) is 23.2. The van der Waals surface area contributed by atoms with Gasteiger partial charge in [-0.05, 0) is 41.8 Å². The van der Waals surface area contributed by atoms with E-state index in [0.717, 1.165) is 36.5 Å². The van der Waals surface area contributed by atoms with Gasteiger partial charge in [-0.25, -0.2) is 0 Å². The van der Waals surface area contributed by atoms with Crippen LogP contribution in [-0.2, 0) is 0 Å². The van der Waals surface area contributed by atoms with Gasteiger partial charge in [0.15, 0.2) is 11.5 Å². The summed E-state index contributed by atoms with van der Waals surface area (Å²) in [7, 11) is 0. The molecule has 4 aromatic carbocycles. The molecule has 0 aliphatic carbocycles. The number of phenolic OH excluding ortho intramolecular Hbond substituents is 2. The first-order valence-corrected chi connectivity index (χ1v) is 21.1. The van der Waals surface area contributed by atoms with Gasteiger partial charge >= 0.3 is 0 Å². The fourth-order valence-electron chi connectivity index (χ4n) is 6.80. The highest BCUT2D eigenvalue weighted by atomic mass is 16.5. The van der Waals surface area contributed by atoms with Crippen LogP contribution in [0, 0.1) is 0 Å². The van der Waals surface area contributed by atoms with Crippen molar-refractivity contribution in [3.63, 3.8) is 0 Å². The third kappa shape index (κ3) is 15.2. The van der Waals surface area contributed by atoms with E-state index in [9.17, 15) is 10.2 Å². The molecule has 0 aromatic heterocycles. The second-order valence-electron chi connectivity index (χ2n) is 14.6. The molecule has 0 fully saturated rings. The number of nitrogens with zero attached hydrogens (tertiary/aromatic N) is 2. The number of unbranched alkanes of at least 4 members (excludes halogenated alkanes) is 18. The zero-order valence-electron chi connectivity index (χ0n) is 33.2. The first-order chi connectivity index (χ1) is 26.6. The lowest BCUT2D eigenvalue weighted by atomic mass is 10.0.